The van der Waals surface area contributed by atoms with E-state index in [-0.39, 0.29) is 11.9 Å². The Balaban J connectivity index is 1.48. The van der Waals surface area contributed by atoms with Crippen molar-refractivity contribution in [1.82, 2.24) is 4.90 Å². The first kappa shape index (κ1) is 17.4. The van der Waals surface area contributed by atoms with Gasteiger partial charge in [-0.2, -0.15) is 0 Å². The van der Waals surface area contributed by atoms with E-state index in [0.717, 1.165) is 37.4 Å². The molecule has 132 valence electrons. The quantitative estimate of drug-likeness (QED) is 0.871. The number of likely N-dealkylation sites (tertiary alicyclic amines) is 1. The number of carbonyl (C=O) groups is 1. The van der Waals surface area contributed by atoms with E-state index < -0.39 is 0 Å². The van der Waals surface area contributed by atoms with Gasteiger partial charge in [-0.15, -0.1) is 0 Å². The average Bonchev–Trinajstić information content (AvgIpc) is 2.94. The number of nitrogens with zero attached hydrogens (tertiary/aromatic N) is 1. The number of hydrogen-bond donors (Lipinski definition) is 2. The summed E-state index contributed by atoms with van der Waals surface area (Å²) in [6.45, 7) is 5.74. The van der Waals surface area contributed by atoms with Gasteiger partial charge in [-0.3, -0.25) is 9.69 Å². The second-order valence-electron chi connectivity index (χ2n) is 7.79. The summed E-state index contributed by atoms with van der Waals surface area (Å²) in [6.07, 6.45) is 6.51. The molecule has 3 atom stereocenters. The van der Waals surface area contributed by atoms with E-state index in [1.807, 2.05) is 12.1 Å². The Hall–Kier alpha value is -1.39. The maximum absolute atomic E-state index is 12.2. The minimum absolute atomic E-state index is 0.0926. The van der Waals surface area contributed by atoms with Crippen molar-refractivity contribution in [3.8, 4) is 0 Å². The van der Waals surface area contributed by atoms with Crippen molar-refractivity contribution < 1.29 is 4.79 Å². The van der Waals surface area contributed by atoms with Crippen LogP contribution in [-0.2, 0) is 11.3 Å². The zero-order valence-electron chi connectivity index (χ0n) is 14.8. The van der Waals surface area contributed by atoms with Gasteiger partial charge in [0.1, 0.15) is 0 Å². The summed E-state index contributed by atoms with van der Waals surface area (Å²) in [4.78, 5) is 14.7. The molecule has 1 saturated carbocycles. The van der Waals surface area contributed by atoms with Crippen LogP contribution in [0.3, 0.4) is 0 Å². The van der Waals surface area contributed by atoms with Crippen LogP contribution in [0.15, 0.2) is 24.3 Å². The molecule has 3 N–H and O–H groups in total. The normalized spacial score (nSPS) is 28.0. The lowest BCUT2D eigenvalue weighted by atomic mass is 9.99. The van der Waals surface area contributed by atoms with Gasteiger partial charge < -0.3 is 11.1 Å². The molecule has 1 saturated heterocycles. The second kappa shape index (κ2) is 8.13. The number of anilines is 1. The Labute approximate surface area is 145 Å². The summed E-state index contributed by atoms with van der Waals surface area (Å²) in [5.41, 5.74) is 8.26. The van der Waals surface area contributed by atoms with Gasteiger partial charge in [0.05, 0.1) is 0 Å². The highest BCUT2D eigenvalue weighted by atomic mass is 16.1. The van der Waals surface area contributed by atoms with E-state index in [0.29, 0.717) is 12.3 Å². The van der Waals surface area contributed by atoms with Gasteiger partial charge in [0.2, 0.25) is 5.91 Å². The lowest BCUT2D eigenvalue weighted by molar-refractivity contribution is -0.117. The summed E-state index contributed by atoms with van der Waals surface area (Å²) in [7, 11) is 0. The maximum atomic E-state index is 12.2. The topological polar surface area (TPSA) is 58.4 Å². The average molecular weight is 329 g/mol. The van der Waals surface area contributed by atoms with Crippen LogP contribution in [-0.4, -0.2) is 29.9 Å². The van der Waals surface area contributed by atoms with E-state index in [9.17, 15) is 4.79 Å². The van der Waals surface area contributed by atoms with E-state index in [1.54, 1.807) is 0 Å². The molecule has 0 radical (unpaired) electrons. The molecular formula is C20H31N3O. The molecule has 1 aliphatic carbocycles. The van der Waals surface area contributed by atoms with Crippen LogP contribution in [0.4, 0.5) is 5.69 Å². The molecule has 1 aromatic carbocycles. The summed E-state index contributed by atoms with van der Waals surface area (Å²) in [5.74, 6) is 1.25. The summed E-state index contributed by atoms with van der Waals surface area (Å²) in [6, 6.07) is 8.52. The molecule has 2 fully saturated rings. The maximum Gasteiger partial charge on any atom is 0.224 e. The molecule has 1 unspecified atom stereocenters. The van der Waals surface area contributed by atoms with Crippen molar-refractivity contribution in [2.75, 3.05) is 18.4 Å². The highest BCUT2D eigenvalue weighted by Gasteiger charge is 2.26. The van der Waals surface area contributed by atoms with Crippen LogP contribution in [0.5, 0.6) is 0 Å². The van der Waals surface area contributed by atoms with Crippen molar-refractivity contribution in [2.24, 2.45) is 17.6 Å². The van der Waals surface area contributed by atoms with Crippen molar-refractivity contribution >= 4 is 11.6 Å². The molecule has 0 aromatic heterocycles. The van der Waals surface area contributed by atoms with E-state index in [2.05, 4.69) is 29.3 Å². The Morgan fingerprint density at radius 1 is 1.21 bits per heavy atom. The largest absolute Gasteiger partial charge is 0.327 e. The number of piperidine rings is 1. The Morgan fingerprint density at radius 3 is 2.67 bits per heavy atom. The van der Waals surface area contributed by atoms with Crippen LogP contribution in [0, 0.1) is 11.8 Å². The second-order valence-corrected chi connectivity index (χ2v) is 7.79. The SMILES string of the molecule is CC1CCCN(Cc2ccc(NC(=O)C[C@@H]3CCC[C@H]3N)cc2)C1. The van der Waals surface area contributed by atoms with Gasteiger partial charge in [0.25, 0.3) is 0 Å². The fraction of sp³-hybridized carbons (Fsp3) is 0.650. The van der Waals surface area contributed by atoms with E-state index in [1.165, 1.54) is 31.5 Å². The summed E-state index contributed by atoms with van der Waals surface area (Å²) >= 11 is 0. The number of rotatable bonds is 5. The molecule has 2 aliphatic rings. The molecule has 1 aliphatic heterocycles. The molecule has 4 heteroatoms. The lowest BCUT2D eigenvalue weighted by Crippen LogP contribution is -2.33. The predicted octanol–water partition coefficient (Wildman–Crippen LogP) is 3.37. The van der Waals surface area contributed by atoms with Crippen LogP contribution in [0.1, 0.15) is 51.0 Å². The molecule has 3 rings (SSSR count). The Kier molecular flexibility index (Phi) is 5.90. The van der Waals surface area contributed by atoms with Gasteiger partial charge in [-0.25, -0.2) is 0 Å². The third-order valence-corrected chi connectivity index (χ3v) is 5.55. The van der Waals surface area contributed by atoms with Crippen molar-refractivity contribution in [2.45, 2.75) is 58.0 Å². The van der Waals surface area contributed by atoms with Crippen LogP contribution < -0.4 is 11.1 Å². The van der Waals surface area contributed by atoms with E-state index >= 15 is 0 Å². The van der Waals surface area contributed by atoms with Gasteiger partial charge >= 0.3 is 0 Å². The van der Waals surface area contributed by atoms with Crippen LogP contribution in [0.25, 0.3) is 0 Å². The lowest BCUT2D eigenvalue weighted by Gasteiger charge is -2.30. The standard InChI is InChI=1S/C20H31N3O/c1-15-4-3-11-23(13-15)14-16-7-9-18(10-8-16)22-20(24)12-17-5-2-6-19(17)21/h7-10,15,17,19H,2-6,11-14,21H2,1H3,(H,22,24)/t15?,17-,19+/m0/s1. The monoisotopic (exact) mass is 329 g/mol. The van der Waals surface area contributed by atoms with E-state index in [4.69, 9.17) is 5.73 Å². The fourth-order valence-corrected chi connectivity index (χ4v) is 4.15. The van der Waals surface area contributed by atoms with Gasteiger partial charge in [0, 0.05) is 31.2 Å². The van der Waals surface area contributed by atoms with Gasteiger partial charge in [0.15, 0.2) is 0 Å². The number of benzene rings is 1. The van der Waals surface area contributed by atoms with Gasteiger partial charge in [-0.05, 0) is 61.8 Å². The Bertz CT molecular complexity index is 542. The predicted molar refractivity (Wildman–Crippen MR) is 98.7 cm³/mol. The van der Waals surface area contributed by atoms with Crippen molar-refractivity contribution in [3.63, 3.8) is 0 Å². The van der Waals surface area contributed by atoms with Crippen molar-refractivity contribution in [1.29, 1.82) is 0 Å². The van der Waals surface area contributed by atoms with Crippen LogP contribution in [0.2, 0.25) is 0 Å². The Morgan fingerprint density at radius 2 is 2.00 bits per heavy atom. The summed E-state index contributed by atoms with van der Waals surface area (Å²) in [5, 5.41) is 3.02. The molecule has 4 nitrogen and oxygen atoms in total. The number of carbonyl (C=O) groups excluding carboxylic acids is 1. The molecule has 1 heterocycles. The fourth-order valence-electron chi connectivity index (χ4n) is 4.15. The summed E-state index contributed by atoms with van der Waals surface area (Å²) < 4.78 is 0. The first-order valence-electron chi connectivity index (χ1n) is 9.47. The third-order valence-electron chi connectivity index (χ3n) is 5.55. The highest BCUT2D eigenvalue weighted by Crippen LogP contribution is 2.27. The molecule has 24 heavy (non-hydrogen) atoms. The first-order chi connectivity index (χ1) is 11.6. The number of nitrogens with two attached hydrogens (primary N) is 1. The molecule has 0 spiro atoms. The minimum atomic E-state index is 0.0926. The van der Waals surface area contributed by atoms with Crippen molar-refractivity contribution in [3.05, 3.63) is 29.8 Å². The number of amides is 1. The molecule has 1 amide bonds. The smallest absolute Gasteiger partial charge is 0.224 e. The molecule has 0 bridgehead atoms. The zero-order chi connectivity index (χ0) is 16.9. The number of nitrogens with one attached hydrogen (secondary N) is 1. The minimum Gasteiger partial charge on any atom is -0.327 e. The van der Waals surface area contributed by atoms with Crippen LogP contribution >= 0.6 is 0 Å². The first-order valence-corrected chi connectivity index (χ1v) is 9.47. The third kappa shape index (κ3) is 4.81. The molecular weight excluding hydrogens is 298 g/mol. The zero-order valence-corrected chi connectivity index (χ0v) is 14.8. The number of hydrogen-bond acceptors (Lipinski definition) is 3. The highest BCUT2D eigenvalue weighted by molar-refractivity contribution is 5.90. The molecule has 1 aromatic rings. The van der Waals surface area contributed by atoms with Gasteiger partial charge in [-0.1, -0.05) is 25.5 Å².